The molecule has 2 N–H and O–H groups in total. The van der Waals surface area contributed by atoms with E-state index in [0.29, 0.717) is 24.6 Å². The molecule has 1 fully saturated rings. The molecule has 26 heavy (non-hydrogen) atoms. The summed E-state index contributed by atoms with van der Waals surface area (Å²) in [6.07, 6.45) is 2.75. The number of rotatable bonds is 4. The molecule has 1 heterocycles. The van der Waals surface area contributed by atoms with Crippen molar-refractivity contribution in [2.75, 3.05) is 13.1 Å². The number of hydrogen-bond donors (Lipinski definition) is 2. The number of carbonyl (C=O) groups excluding carboxylic acids is 1. The van der Waals surface area contributed by atoms with E-state index >= 15 is 0 Å². The van der Waals surface area contributed by atoms with Gasteiger partial charge in [0.05, 0.1) is 5.57 Å². The van der Waals surface area contributed by atoms with E-state index in [-0.39, 0.29) is 17.2 Å². The molecule has 134 valence electrons. The van der Waals surface area contributed by atoms with Crippen molar-refractivity contribution >= 4 is 17.9 Å². The van der Waals surface area contributed by atoms with Crippen LogP contribution in [0.1, 0.15) is 35.4 Å². The lowest BCUT2D eigenvalue weighted by Gasteiger charge is -2.32. The molecule has 4 heteroatoms. The Morgan fingerprint density at radius 1 is 1.08 bits per heavy atom. The molecule has 4 nitrogen and oxygen atoms in total. The minimum atomic E-state index is -0.274. The van der Waals surface area contributed by atoms with E-state index in [1.807, 2.05) is 37.3 Å². The standard InChI is InChI=1S/C22H24N2O2/c1-16-7-9-19(10-8-16)21(25)20(15-23)22(26)24-13-11-18(12-14-24)17-5-3-2-4-6-17/h2-10,15,18,23,25H,11-14H2,1H3/b21-20+,23-15?. The number of carbonyl (C=O) groups is 1. The molecule has 1 amide bonds. The first-order valence-corrected chi connectivity index (χ1v) is 8.95. The Labute approximate surface area is 154 Å². The second-order valence-corrected chi connectivity index (χ2v) is 6.75. The Kier molecular flexibility index (Phi) is 5.52. The minimum absolute atomic E-state index is 0.0482. The molecule has 0 aromatic heterocycles. The lowest BCUT2D eigenvalue weighted by atomic mass is 9.89. The molecule has 1 aliphatic heterocycles. The zero-order valence-electron chi connectivity index (χ0n) is 15.0. The number of hydrogen-bond acceptors (Lipinski definition) is 3. The number of likely N-dealkylation sites (tertiary alicyclic amines) is 1. The summed E-state index contributed by atoms with van der Waals surface area (Å²) in [4.78, 5) is 14.6. The van der Waals surface area contributed by atoms with Crippen LogP contribution >= 0.6 is 0 Å². The van der Waals surface area contributed by atoms with Crippen LogP contribution in [0.2, 0.25) is 0 Å². The van der Waals surface area contributed by atoms with Gasteiger partial charge in [0, 0.05) is 24.9 Å². The predicted molar refractivity (Wildman–Crippen MR) is 105 cm³/mol. The molecule has 0 unspecified atom stereocenters. The first-order valence-electron chi connectivity index (χ1n) is 8.95. The molecular weight excluding hydrogens is 324 g/mol. The number of aryl methyl sites for hydroxylation is 1. The fourth-order valence-electron chi connectivity index (χ4n) is 3.41. The molecule has 0 radical (unpaired) electrons. The second-order valence-electron chi connectivity index (χ2n) is 6.75. The molecule has 0 saturated carbocycles. The number of benzene rings is 2. The fraction of sp³-hybridized carbons (Fsp3) is 0.273. The topological polar surface area (TPSA) is 64.4 Å². The van der Waals surface area contributed by atoms with Gasteiger partial charge in [-0.25, -0.2) is 0 Å². The smallest absolute Gasteiger partial charge is 0.259 e. The van der Waals surface area contributed by atoms with Gasteiger partial charge in [0.25, 0.3) is 5.91 Å². The van der Waals surface area contributed by atoms with Gasteiger partial charge in [0.2, 0.25) is 0 Å². The van der Waals surface area contributed by atoms with Gasteiger partial charge in [0.15, 0.2) is 0 Å². The molecule has 0 spiro atoms. The maximum absolute atomic E-state index is 12.8. The van der Waals surface area contributed by atoms with Gasteiger partial charge in [-0.15, -0.1) is 0 Å². The molecule has 3 rings (SSSR count). The van der Waals surface area contributed by atoms with Crippen LogP contribution in [0, 0.1) is 12.3 Å². The van der Waals surface area contributed by atoms with Crippen molar-refractivity contribution in [3.8, 4) is 0 Å². The van der Waals surface area contributed by atoms with E-state index in [9.17, 15) is 9.90 Å². The Hall–Kier alpha value is -2.88. The monoisotopic (exact) mass is 348 g/mol. The number of nitrogens with zero attached hydrogens (tertiary/aromatic N) is 1. The average Bonchev–Trinajstić information content (AvgIpc) is 2.69. The Morgan fingerprint density at radius 2 is 1.69 bits per heavy atom. The second kappa shape index (κ2) is 8.00. The van der Waals surface area contributed by atoms with Crippen LogP contribution in [0.5, 0.6) is 0 Å². The maximum Gasteiger partial charge on any atom is 0.259 e. The van der Waals surface area contributed by atoms with E-state index in [4.69, 9.17) is 5.41 Å². The highest BCUT2D eigenvalue weighted by Crippen LogP contribution is 2.29. The molecule has 2 aromatic rings. The van der Waals surface area contributed by atoms with Gasteiger partial charge >= 0.3 is 0 Å². The highest BCUT2D eigenvalue weighted by atomic mass is 16.3. The fourth-order valence-corrected chi connectivity index (χ4v) is 3.41. The van der Waals surface area contributed by atoms with Gasteiger partial charge in [-0.3, -0.25) is 4.79 Å². The summed E-state index contributed by atoms with van der Waals surface area (Å²) in [6, 6.07) is 17.7. The maximum atomic E-state index is 12.8. The molecule has 1 aliphatic rings. The molecule has 0 atom stereocenters. The summed E-state index contributed by atoms with van der Waals surface area (Å²) in [5.74, 6) is 0.0538. The highest BCUT2D eigenvalue weighted by molar-refractivity contribution is 6.16. The van der Waals surface area contributed by atoms with E-state index in [2.05, 4.69) is 12.1 Å². The SMILES string of the molecule is Cc1ccc(/C(O)=C(/C=N)C(=O)N2CCC(c3ccccc3)CC2)cc1. The van der Waals surface area contributed by atoms with E-state index in [1.54, 1.807) is 17.0 Å². The number of aliphatic hydroxyl groups excluding tert-OH is 1. The first kappa shape index (κ1) is 17.9. The Morgan fingerprint density at radius 3 is 2.27 bits per heavy atom. The Balaban J connectivity index is 1.73. The van der Waals surface area contributed by atoms with Crippen molar-refractivity contribution in [2.45, 2.75) is 25.7 Å². The molecule has 0 aliphatic carbocycles. The van der Waals surface area contributed by atoms with Crippen LogP contribution in [0.4, 0.5) is 0 Å². The summed E-state index contributed by atoms with van der Waals surface area (Å²) < 4.78 is 0. The molecule has 2 aromatic carbocycles. The lowest BCUT2D eigenvalue weighted by molar-refractivity contribution is -0.127. The van der Waals surface area contributed by atoms with Crippen LogP contribution in [0.25, 0.3) is 5.76 Å². The van der Waals surface area contributed by atoms with E-state index in [1.165, 1.54) is 5.56 Å². The number of nitrogens with one attached hydrogen (secondary N) is 1. The average molecular weight is 348 g/mol. The van der Waals surface area contributed by atoms with Crippen LogP contribution in [0.15, 0.2) is 60.2 Å². The van der Waals surface area contributed by atoms with Crippen LogP contribution in [0.3, 0.4) is 0 Å². The van der Waals surface area contributed by atoms with Crippen LogP contribution in [-0.4, -0.2) is 35.2 Å². The summed E-state index contributed by atoms with van der Waals surface area (Å²) >= 11 is 0. The zero-order chi connectivity index (χ0) is 18.5. The van der Waals surface area contributed by atoms with E-state index in [0.717, 1.165) is 24.6 Å². The zero-order valence-corrected chi connectivity index (χ0v) is 15.0. The molecular formula is C22H24N2O2. The van der Waals surface area contributed by atoms with Gasteiger partial charge in [-0.05, 0) is 31.2 Å². The van der Waals surface area contributed by atoms with Crippen molar-refractivity contribution in [3.05, 3.63) is 76.9 Å². The third kappa shape index (κ3) is 3.85. The summed E-state index contributed by atoms with van der Waals surface area (Å²) in [5, 5.41) is 18.1. The van der Waals surface area contributed by atoms with Gasteiger partial charge in [-0.1, -0.05) is 60.2 Å². The van der Waals surface area contributed by atoms with Crippen molar-refractivity contribution < 1.29 is 9.90 Å². The number of piperidine rings is 1. The summed E-state index contributed by atoms with van der Waals surface area (Å²) in [7, 11) is 0. The van der Waals surface area contributed by atoms with Crippen molar-refractivity contribution in [1.82, 2.24) is 4.90 Å². The van der Waals surface area contributed by atoms with Crippen LogP contribution in [-0.2, 0) is 4.79 Å². The highest BCUT2D eigenvalue weighted by Gasteiger charge is 2.26. The van der Waals surface area contributed by atoms with Crippen molar-refractivity contribution in [3.63, 3.8) is 0 Å². The number of aliphatic hydroxyl groups is 1. The third-order valence-corrected chi connectivity index (χ3v) is 5.01. The molecule has 1 saturated heterocycles. The quantitative estimate of drug-likeness (QED) is 0.491. The first-order chi connectivity index (χ1) is 12.6. The largest absolute Gasteiger partial charge is 0.506 e. The van der Waals surface area contributed by atoms with E-state index < -0.39 is 0 Å². The predicted octanol–water partition coefficient (Wildman–Crippen LogP) is 4.32. The normalized spacial score (nSPS) is 16.1. The summed E-state index contributed by atoms with van der Waals surface area (Å²) in [5.41, 5.74) is 2.99. The van der Waals surface area contributed by atoms with Crippen molar-refractivity contribution in [1.29, 1.82) is 5.41 Å². The Bertz CT molecular complexity index is 802. The van der Waals surface area contributed by atoms with Gasteiger partial charge in [0.1, 0.15) is 5.76 Å². The third-order valence-electron chi connectivity index (χ3n) is 5.01. The summed E-state index contributed by atoms with van der Waals surface area (Å²) in [6.45, 7) is 3.23. The minimum Gasteiger partial charge on any atom is -0.506 e. The van der Waals surface area contributed by atoms with Crippen LogP contribution < -0.4 is 0 Å². The van der Waals surface area contributed by atoms with Crippen molar-refractivity contribution in [2.24, 2.45) is 0 Å². The lowest BCUT2D eigenvalue weighted by Crippen LogP contribution is -2.39. The number of amides is 1. The van der Waals surface area contributed by atoms with Gasteiger partial charge < -0.3 is 15.4 Å². The molecule has 0 bridgehead atoms. The van der Waals surface area contributed by atoms with Gasteiger partial charge in [-0.2, -0.15) is 0 Å².